The highest BCUT2D eigenvalue weighted by atomic mass is 32.2. The highest BCUT2D eigenvalue weighted by molar-refractivity contribution is 7.88. The topological polar surface area (TPSA) is 64.0 Å². The van der Waals surface area contributed by atoms with Crippen molar-refractivity contribution in [2.75, 3.05) is 12.8 Å². The molecule has 0 radical (unpaired) electrons. The number of aromatic nitrogens is 2. The first-order valence-electron chi connectivity index (χ1n) is 4.34. The highest BCUT2D eigenvalue weighted by Gasteiger charge is 2.02. The summed E-state index contributed by atoms with van der Waals surface area (Å²) in [6.07, 6.45) is 1.15. The predicted molar refractivity (Wildman–Crippen MR) is 54.5 cm³/mol. The van der Waals surface area contributed by atoms with Crippen LogP contribution in [0.1, 0.15) is 11.4 Å². The summed E-state index contributed by atoms with van der Waals surface area (Å²) < 4.78 is 25.7. The molecule has 1 rings (SSSR count). The Morgan fingerprint density at radius 1 is 1.50 bits per heavy atom. The third-order valence-electron chi connectivity index (χ3n) is 1.79. The van der Waals surface area contributed by atoms with E-state index >= 15 is 0 Å². The van der Waals surface area contributed by atoms with Crippen molar-refractivity contribution in [3.8, 4) is 0 Å². The SMILES string of the molecule is Cc1cc(C)n(CCNS(C)(=O)=O)n1. The summed E-state index contributed by atoms with van der Waals surface area (Å²) in [4.78, 5) is 0. The van der Waals surface area contributed by atoms with Crippen LogP contribution >= 0.6 is 0 Å². The molecule has 0 unspecified atom stereocenters. The standard InChI is InChI=1S/C8H15N3O2S/c1-7-6-8(2)11(10-7)5-4-9-14(3,12)13/h6,9H,4-5H2,1-3H3. The Kier molecular flexibility index (Phi) is 3.28. The minimum atomic E-state index is -3.09. The minimum Gasteiger partial charge on any atom is -0.268 e. The van der Waals surface area contributed by atoms with E-state index < -0.39 is 10.0 Å². The first-order chi connectivity index (χ1) is 6.38. The Labute approximate surface area is 84.2 Å². The number of sulfonamides is 1. The monoisotopic (exact) mass is 217 g/mol. The van der Waals surface area contributed by atoms with Gasteiger partial charge in [-0.15, -0.1) is 0 Å². The van der Waals surface area contributed by atoms with E-state index in [1.807, 2.05) is 19.9 Å². The summed E-state index contributed by atoms with van der Waals surface area (Å²) in [7, 11) is -3.09. The average molecular weight is 217 g/mol. The van der Waals surface area contributed by atoms with Gasteiger partial charge in [0.1, 0.15) is 0 Å². The van der Waals surface area contributed by atoms with E-state index in [1.165, 1.54) is 0 Å². The molecule has 0 aliphatic heterocycles. The Morgan fingerprint density at radius 2 is 2.14 bits per heavy atom. The van der Waals surface area contributed by atoms with Crippen molar-refractivity contribution in [1.82, 2.24) is 14.5 Å². The molecule has 1 aromatic rings. The summed E-state index contributed by atoms with van der Waals surface area (Å²) in [5.74, 6) is 0. The maximum absolute atomic E-state index is 10.8. The van der Waals surface area contributed by atoms with Crippen LogP contribution in [0.3, 0.4) is 0 Å². The third-order valence-corrected chi connectivity index (χ3v) is 2.52. The van der Waals surface area contributed by atoms with E-state index in [-0.39, 0.29) is 0 Å². The van der Waals surface area contributed by atoms with Gasteiger partial charge in [0.05, 0.1) is 18.5 Å². The lowest BCUT2D eigenvalue weighted by Gasteiger charge is -2.04. The fourth-order valence-electron chi connectivity index (χ4n) is 1.24. The van der Waals surface area contributed by atoms with Crippen LogP contribution in [-0.4, -0.2) is 31.0 Å². The Balaban J connectivity index is 2.50. The molecule has 14 heavy (non-hydrogen) atoms. The number of aryl methyl sites for hydroxylation is 2. The van der Waals surface area contributed by atoms with Crippen LogP contribution in [0.4, 0.5) is 0 Å². The molecule has 80 valence electrons. The molecule has 1 aromatic heterocycles. The predicted octanol–water partition coefficient (Wildman–Crippen LogP) is 0.0491. The number of nitrogens with one attached hydrogen (secondary N) is 1. The maximum atomic E-state index is 10.8. The summed E-state index contributed by atoms with van der Waals surface area (Å²) in [5, 5.41) is 4.21. The van der Waals surface area contributed by atoms with Crippen molar-refractivity contribution < 1.29 is 8.42 Å². The van der Waals surface area contributed by atoms with Gasteiger partial charge >= 0.3 is 0 Å². The normalized spacial score (nSPS) is 11.9. The van der Waals surface area contributed by atoms with E-state index in [4.69, 9.17) is 0 Å². The van der Waals surface area contributed by atoms with Gasteiger partial charge in [0.15, 0.2) is 0 Å². The molecular formula is C8H15N3O2S. The Hall–Kier alpha value is -0.880. The van der Waals surface area contributed by atoms with Crippen LogP contribution < -0.4 is 4.72 Å². The smallest absolute Gasteiger partial charge is 0.208 e. The van der Waals surface area contributed by atoms with E-state index in [0.29, 0.717) is 13.1 Å². The van der Waals surface area contributed by atoms with Crippen LogP contribution in [0.5, 0.6) is 0 Å². The van der Waals surface area contributed by atoms with Gasteiger partial charge in [0.2, 0.25) is 10.0 Å². The summed E-state index contributed by atoms with van der Waals surface area (Å²) in [6, 6.07) is 1.96. The number of nitrogens with zero attached hydrogens (tertiary/aromatic N) is 2. The van der Waals surface area contributed by atoms with E-state index in [1.54, 1.807) is 4.68 Å². The molecule has 0 spiro atoms. The number of hydrogen-bond acceptors (Lipinski definition) is 3. The molecule has 0 fully saturated rings. The van der Waals surface area contributed by atoms with Gasteiger partial charge in [-0.2, -0.15) is 5.10 Å². The van der Waals surface area contributed by atoms with Gasteiger partial charge in [-0.1, -0.05) is 0 Å². The fourth-order valence-corrected chi connectivity index (χ4v) is 1.70. The maximum Gasteiger partial charge on any atom is 0.208 e. The van der Waals surface area contributed by atoms with Crippen molar-refractivity contribution in [2.24, 2.45) is 0 Å². The van der Waals surface area contributed by atoms with Crippen molar-refractivity contribution in [2.45, 2.75) is 20.4 Å². The largest absolute Gasteiger partial charge is 0.268 e. The van der Waals surface area contributed by atoms with Crippen LogP contribution in [0.2, 0.25) is 0 Å². The lowest BCUT2D eigenvalue weighted by Crippen LogP contribution is -2.26. The van der Waals surface area contributed by atoms with Gasteiger partial charge < -0.3 is 0 Å². The molecule has 0 aliphatic rings. The zero-order chi connectivity index (χ0) is 10.8. The molecule has 1 heterocycles. The molecule has 0 saturated carbocycles. The second-order valence-corrected chi connectivity index (χ2v) is 5.15. The van der Waals surface area contributed by atoms with Crippen LogP contribution in [0.15, 0.2) is 6.07 Å². The Morgan fingerprint density at radius 3 is 2.57 bits per heavy atom. The first kappa shape index (κ1) is 11.2. The van der Waals surface area contributed by atoms with Gasteiger partial charge in [-0.25, -0.2) is 13.1 Å². The third kappa shape index (κ3) is 3.47. The second kappa shape index (κ2) is 4.10. The van der Waals surface area contributed by atoms with Crippen molar-refractivity contribution in [3.05, 3.63) is 17.5 Å². The van der Waals surface area contributed by atoms with Crippen LogP contribution in [0.25, 0.3) is 0 Å². The highest BCUT2D eigenvalue weighted by Crippen LogP contribution is 2.00. The second-order valence-electron chi connectivity index (χ2n) is 3.32. The lowest BCUT2D eigenvalue weighted by atomic mass is 10.4. The van der Waals surface area contributed by atoms with E-state index in [9.17, 15) is 8.42 Å². The first-order valence-corrected chi connectivity index (χ1v) is 6.23. The average Bonchev–Trinajstić information content (AvgIpc) is 2.27. The molecule has 0 atom stereocenters. The molecule has 0 bridgehead atoms. The van der Waals surface area contributed by atoms with Gasteiger partial charge in [-0.05, 0) is 19.9 Å². The van der Waals surface area contributed by atoms with Crippen molar-refractivity contribution >= 4 is 10.0 Å². The van der Waals surface area contributed by atoms with Gasteiger partial charge in [0.25, 0.3) is 0 Å². The molecular weight excluding hydrogens is 202 g/mol. The number of hydrogen-bond donors (Lipinski definition) is 1. The van der Waals surface area contributed by atoms with Crippen molar-refractivity contribution in [3.63, 3.8) is 0 Å². The fraction of sp³-hybridized carbons (Fsp3) is 0.625. The molecule has 5 nitrogen and oxygen atoms in total. The molecule has 1 N–H and O–H groups in total. The summed E-state index contributed by atoms with van der Waals surface area (Å²) in [6.45, 7) is 4.79. The van der Waals surface area contributed by atoms with Gasteiger partial charge in [-0.3, -0.25) is 4.68 Å². The van der Waals surface area contributed by atoms with Gasteiger partial charge in [0, 0.05) is 12.2 Å². The Bertz CT molecular complexity index is 408. The minimum absolute atomic E-state index is 0.376. The van der Waals surface area contributed by atoms with Crippen LogP contribution in [-0.2, 0) is 16.6 Å². The summed E-state index contributed by atoms with van der Waals surface area (Å²) >= 11 is 0. The molecule has 0 amide bonds. The molecule has 0 aromatic carbocycles. The molecule has 0 saturated heterocycles. The zero-order valence-electron chi connectivity index (χ0n) is 8.61. The molecule has 6 heteroatoms. The van der Waals surface area contributed by atoms with Crippen LogP contribution in [0, 0.1) is 13.8 Å². The van der Waals surface area contributed by atoms with E-state index in [2.05, 4.69) is 9.82 Å². The van der Waals surface area contributed by atoms with Crippen molar-refractivity contribution in [1.29, 1.82) is 0 Å². The molecule has 0 aliphatic carbocycles. The number of rotatable bonds is 4. The quantitative estimate of drug-likeness (QED) is 0.775. The lowest BCUT2D eigenvalue weighted by molar-refractivity contribution is 0.558. The summed E-state index contributed by atoms with van der Waals surface area (Å²) in [5.41, 5.74) is 1.99. The van der Waals surface area contributed by atoms with E-state index in [0.717, 1.165) is 17.6 Å². The zero-order valence-corrected chi connectivity index (χ0v) is 9.43.